The number of aromatic nitrogens is 5. The molecule has 0 spiro atoms. The van der Waals surface area contributed by atoms with Crippen molar-refractivity contribution in [2.24, 2.45) is 17.8 Å². The standard InChI is InChI=1S/C41H66N8O9.5CH4/c1-12-32-41(8)35(49(39(53)58-41)19-14-13-18-48-23-30(45-46-48)29-16-15-17-43-44-29)28(6)42-22-24(2)21-40(7,54-11)36(26(4)33(50)27(5)37(52)56-32)57-38-34(51)31(47(9)10)20-25(3)55-38;;;;;/h15-17,23-28,31-32,34-36,38,42,51H,12-14,18-22H2,1-11H3;5*1H4/t24-,25?,26+,27-,28-,31?,32-,34?,35-,36-,38+,40-,41-;;;;;/m1...../s1. The number of nitrogens with one attached hydrogen (secondary N) is 1. The highest BCUT2D eigenvalue weighted by molar-refractivity contribution is 6.00. The fourth-order valence-electron chi connectivity index (χ4n) is 9.18. The summed E-state index contributed by atoms with van der Waals surface area (Å²) >= 11 is 0. The number of rotatable bonds is 11. The number of hydrogen-bond donors (Lipinski definition) is 2. The van der Waals surface area contributed by atoms with Crippen molar-refractivity contribution in [3.05, 3.63) is 24.5 Å². The zero-order chi connectivity index (χ0) is 42.5. The first-order valence-electron chi connectivity index (χ1n) is 20.8. The Hall–Kier alpha value is -3.61. The monoisotopic (exact) mass is 895 g/mol. The van der Waals surface area contributed by atoms with Crippen LogP contribution in [0.25, 0.3) is 11.4 Å². The van der Waals surface area contributed by atoms with Gasteiger partial charge in [0.1, 0.15) is 29.5 Å². The largest absolute Gasteiger partial charge is 0.458 e. The number of nitrogens with zero attached hydrogens (tertiary/aromatic N) is 7. The highest BCUT2D eigenvalue weighted by atomic mass is 16.7. The SMILES string of the molecule is C.C.C.C.C.CC[C@H]1OC(=O)[C@H](C)C(=O)[C@H](C)[C@@H](O[C@@H]2OC(C)CC(N(C)C)C2O)[C@](C)(OC)C[C@@H](C)CN[C@H](C)[C@H]2N(CCCCn3cc(-c4cccnn4)nn3)C(=O)O[C@]12C. The summed E-state index contributed by atoms with van der Waals surface area (Å²) in [5.74, 6) is -3.17. The molecule has 1 amide bonds. The summed E-state index contributed by atoms with van der Waals surface area (Å²) < 4.78 is 33.2. The van der Waals surface area contributed by atoms with E-state index in [9.17, 15) is 19.5 Å². The van der Waals surface area contributed by atoms with E-state index in [4.69, 9.17) is 23.7 Å². The van der Waals surface area contributed by atoms with Gasteiger partial charge < -0.3 is 39.0 Å². The molecule has 13 atom stereocenters. The summed E-state index contributed by atoms with van der Waals surface area (Å²) in [6.45, 7) is 16.4. The van der Waals surface area contributed by atoms with Crippen LogP contribution in [0.3, 0.4) is 0 Å². The first kappa shape index (κ1) is 59.4. The highest BCUT2D eigenvalue weighted by Crippen LogP contribution is 2.40. The van der Waals surface area contributed by atoms with Crippen LogP contribution in [0.1, 0.15) is 125 Å². The maximum atomic E-state index is 14.4. The summed E-state index contributed by atoms with van der Waals surface area (Å²) in [6, 6.07) is 2.57. The smallest absolute Gasteiger partial charge is 0.410 e. The summed E-state index contributed by atoms with van der Waals surface area (Å²) in [4.78, 5) is 45.8. The van der Waals surface area contributed by atoms with Crippen molar-refractivity contribution < 1.29 is 43.2 Å². The Kier molecular flexibility index (Phi) is 23.7. The number of aryl methyl sites for hydroxylation is 1. The van der Waals surface area contributed by atoms with Gasteiger partial charge >= 0.3 is 12.1 Å². The molecule has 0 bridgehead atoms. The molecule has 3 aliphatic rings. The van der Waals surface area contributed by atoms with Gasteiger partial charge in [-0.15, -0.1) is 10.2 Å². The summed E-state index contributed by atoms with van der Waals surface area (Å²) in [6.07, 6.45) is 1.71. The van der Waals surface area contributed by atoms with E-state index in [1.54, 1.807) is 35.9 Å². The molecule has 3 unspecified atom stereocenters. The summed E-state index contributed by atoms with van der Waals surface area (Å²) in [5.41, 5.74) is -1.02. The van der Waals surface area contributed by atoms with Crippen LogP contribution in [0.4, 0.5) is 4.79 Å². The van der Waals surface area contributed by atoms with Crippen molar-refractivity contribution >= 4 is 17.8 Å². The molecule has 5 rings (SSSR count). The number of hydrogen-bond acceptors (Lipinski definition) is 15. The molecule has 2 N–H and O–H groups in total. The lowest BCUT2D eigenvalue weighted by Gasteiger charge is -2.46. The molecule has 3 aliphatic heterocycles. The maximum absolute atomic E-state index is 14.4. The molecule has 3 saturated heterocycles. The second-order valence-corrected chi connectivity index (χ2v) is 17.3. The van der Waals surface area contributed by atoms with Crippen LogP contribution >= 0.6 is 0 Å². The first-order chi connectivity index (χ1) is 27.4. The average molecular weight is 895 g/mol. The van der Waals surface area contributed by atoms with Crippen LogP contribution in [0, 0.1) is 17.8 Å². The Bertz CT molecular complexity index is 1690. The van der Waals surface area contributed by atoms with Crippen molar-refractivity contribution in [2.75, 3.05) is 34.3 Å². The Morgan fingerprint density at radius 2 is 1.65 bits per heavy atom. The fourth-order valence-corrected chi connectivity index (χ4v) is 9.18. The second-order valence-electron chi connectivity index (χ2n) is 17.3. The van der Waals surface area contributed by atoms with Gasteiger partial charge in [-0.25, -0.2) is 4.79 Å². The van der Waals surface area contributed by atoms with Crippen molar-refractivity contribution in [1.82, 2.24) is 40.3 Å². The number of aliphatic hydroxyl groups is 1. The van der Waals surface area contributed by atoms with Crippen LogP contribution in [0.5, 0.6) is 0 Å². The molecule has 17 nitrogen and oxygen atoms in total. The molecular formula is C46H86N8O9. The van der Waals surface area contributed by atoms with Gasteiger partial charge in [0.25, 0.3) is 0 Å². The van der Waals surface area contributed by atoms with Crippen LogP contribution < -0.4 is 5.32 Å². The van der Waals surface area contributed by atoms with Crippen LogP contribution in [0.2, 0.25) is 0 Å². The van der Waals surface area contributed by atoms with Crippen molar-refractivity contribution in [3.8, 4) is 11.4 Å². The number of likely N-dealkylation sites (N-methyl/N-ethyl adjacent to an activating group) is 1. The molecule has 2 aromatic heterocycles. The summed E-state index contributed by atoms with van der Waals surface area (Å²) in [5, 5.41) is 31.6. The number of aliphatic hydroxyl groups excluding tert-OH is 1. The second kappa shape index (κ2) is 25.2. The lowest BCUT2D eigenvalue weighted by Crippen LogP contribution is -2.61. The molecule has 364 valence electrons. The number of unbranched alkanes of at least 4 members (excludes halogenated alkanes) is 1. The van der Waals surface area contributed by atoms with Gasteiger partial charge in [-0.05, 0) is 105 Å². The van der Waals surface area contributed by atoms with E-state index >= 15 is 0 Å². The van der Waals surface area contributed by atoms with Crippen molar-refractivity contribution in [1.29, 1.82) is 0 Å². The van der Waals surface area contributed by atoms with E-state index < -0.39 is 71.5 Å². The fraction of sp³-hybridized carbons (Fsp3) is 0.804. The quantitative estimate of drug-likeness (QED) is 0.138. The predicted octanol–water partition coefficient (Wildman–Crippen LogP) is 6.67. The van der Waals surface area contributed by atoms with Gasteiger partial charge in [0, 0.05) is 44.4 Å². The number of carbonyl (C=O) groups is 3. The number of methoxy groups -OCH3 is 1. The number of ketones is 1. The molecule has 0 radical (unpaired) electrons. The van der Waals surface area contributed by atoms with Gasteiger partial charge in [-0.2, -0.15) is 5.10 Å². The number of ether oxygens (including phenoxy) is 5. The topological polar surface area (TPSA) is 193 Å². The van der Waals surface area contributed by atoms with E-state index in [0.29, 0.717) is 63.1 Å². The van der Waals surface area contributed by atoms with Crippen molar-refractivity contribution in [2.45, 2.75) is 191 Å². The number of amides is 1. The molecule has 0 aliphatic carbocycles. The Balaban J connectivity index is 0.00000769. The number of esters is 1. The van der Waals surface area contributed by atoms with E-state index in [0.717, 1.165) is 0 Å². The normalized spacial score (nSPS) is 34.0. The van der Waals surface area contributed by atoms with Gasteiger partial charge in [0.2, 0.25) is 0 Å². The molecule has 0 aromatic carbocycles. The molecule has 2 aromatic rings. The Morgan fingerprint density at radius 1 is 0.984 bits per heavy atom. The van der Waals surface area contributed by atoms with Crippen LogP contribution in [-0.4, -0.2) is 152 Å². The molecular weight excluding hydrogens is 809 g/mol. The minimum Gasteiger partial charge on any atom is -0.458 e. The number of carbonyl (C=O) groups excluding carboxylic acids is 3. The molecule has 63 heavy (non-hydrogen) atoms. The number of fused-ring (bicyclic) bond motifs is 1. The minimum absolute atomic E-state index is 0. The Labute approximate surface area is 379 Å². The third kappa shape index (κ3) is 13.2. The highest BCUT2D eigenvalue weighted by Gasteiger charge is 2.58. The number of Topliss-reactive ketones (excluding diaryl/α,β-unsaturated/α-hetero) is 1. The van der Waals surface area contributed by atoms with Crippen LogP contribution in [0.15, 0.2) is 24.5 Å². The average Bonchev–Trinajstić information content (AvgIpc) is 3.77. The van der Waals surface area contributed by atoms with Crippen LogP contribution in [-0.2, 0) is 39.8 Å². The van der Waals surface area contributed by atoms with Gasteiger partial charge in [0.15, 0.2) is 17.7 Å². The number of cyclic esters (lactones) is 1. The Morgan fingerprint density at radius 3 is 2.25 bits per heavy atom. The third-order valence-corrected chi connectivity index (χ3v) is 12.5. The molecule has 0 saturated carbocycles. The molecule has 5 heterocycles. The molecule has 17 heteroatoms. The lowest BCUT2D eigenvalue weighted by atomic mass is 9.78. The summed E-state index contributed by atoms with van der Waals surface area (Å²) in [7, 11) is 5.39. The van der Waals surface area contributed by atoms with E-state index in [2.05, 4.69) is 32.7 Å². The minimum atomic E-state index is -1.23. The van der Waals surface area contributed by atoms with E-state index in [1.165, 1.54) is 6.92 Å². The van der Waals surface area contributed by atoms with E-state index in [-0.39, 0.29) is 61.2 Å². The third-order valence-electron chi connectivity index (χ3n) is 12.5. The van der Waals surface area contributed by atoms with Gasteiger partial charge in [-0.1, -0.05) is 63.1 Å². The predicted molar refractivity (Wildman–Crippen MR) is 247 cm³/mol. The zero-order valence-corrected chi connectivity index (χ0v) is 36.2. The van der Waals surface area contributed by atoms with Gasteiger partial charge in [-0.3, -0.25) is 19.2 Å². The lowest BCUT2D eigenvalue weighted by molar-refractivity contribution is -0.295. The maximum Gasteiger partial charge on any atom is 0.410 e. The van der Waals surface area contributed by atoms with Gasteiger partial charge in [0.05, 0.1) is 30.0 Å². The first-order valence-corrected chi connectivity index (χ1v) is 20.8. The van der Waals surface area contributed by atoms with E-state index in [1.807, 2.05) is 65.9 Å². The molecule has 3 fully saturated rings. The van der Waals surface area contributed by atoms with Crippen molar-refractivity contribution in [3.63, 3.8) is 0 Å². The zero-order valence-electron chi connectivity index (χ0n) is 36.2.